The van der Waals surface area contributed by atoms with Crippen molar-refractivity contribution < 1.29 is 14.0 Å². The Bertz CT molecular complexity index is 702. The first-order valence-electron chi connectivity index (χ1n) is 8.14. The standard InChI is InChI=1S/C18H21FN4O2/c1-13-5-10-17(23-22-13)20-11-12-21-18(25)4-2-3-16(24)14-6-8-15(19)9-7-14/h5-10H,2-4,11-12H2,1H3,(H,20,23)(H,21,25). The molecule has 0 aliphatic heterocycles. The van der Waals surface area contributed by atoms with Gasteiger partial charge in [0.15, 0.2) is 5.78 Å². The Hall–Kier alpha value is -2.83. The highest BCUT2D eigenvalue weighted by molar-refractivity contribution is 5.96. The van der Waals surface area contributed by atoms with Crippen LogP contribution in [0, 0.1) is 12.7 Å². The van der Waals surface area contributed by atoms with Gasteiger partial charge in [-0.2, -0.15) is 5.10 Å². The van der Waals surface area contributed by atoms with Gasteiger partial charge in [-0.1, -0.05) is 0 Å². The highest BCUT2D eigenvalue weighted by Gasteiger charge is 2.07. The van der Waals surface area contributed by atoms with Gasteiger partial charge in [-0.25, -0.2) is 4.39 Å². The predicted molar refractivity (Wildman–Crippen MR) is 92.8 cm³/mol. The average Bonchev–Trinajstić information content (AvgIpc) is 2.61. The van der Waals surface area contributed by atoms with Crippen molar-refractivity contribution in [1.82, 2.24) is 15.5 Å². The summed E-state index contributed by atoms with van der Waals surface area (Å²) in [5.74, 6) is 0.0852. The number of nitrogens with one attached hydrogen (secondary N) is 2. The molecular weight excluding hydrogens is 323 g/mol. The number of hydrogen-bond acceptors (Lipinski definition) is 5. The number of aryl methyl sites for hydroxylation is 1. The monoisotopic (exact) mass is 344 g/mol. The lowest BCUT2D eigenvalue weighted by atomic mass is 10.1. The Balaban J connectivity index is 1.58. The van der Waals surface area contributed by atoms with Crippen LogP contribution < -0.4 is 10.6 Å². The number of aromatic nitrogens is 2. The molecule has 1 heterocycles. The molecule has 0 saturated heterocycles. The number of carbonyl (C=O) groups is 2. The summed E-state index contributed by atoms with van der Waals surface area (Å²) in [6, 6.07) is 9.10. The van der Waals surface area contributed by atoms with Gasteiger partial charge in [0.05, 0.1) is 5.69 Å². The average molecular weight is 344 g/mol. The van der Waals surface area contributed by atoms with Gasteiger partial charge in [0.1, 0.15) is 11.6 Å². The summed E-state index contributed by atoms with van der Waals surface area (Å²) in [5.41, 5.74) is 1.30. The van der Waals surface area contributed by atoms with Crippen LogP contribution in [0.1, 0.15) is 35.3 Å². The number of carbonyl (C=O) groups excluding carboxylic acids is 2. The summed E-state index contributed by atoms with van der Waals surface area (Å²) in [7, 11) is 0. The Kier molecular flexibility index (Phi) is 7.00. The molecule has 0 atom stereocenters. The van der Waals surface area contributed by atoms with Crippen molar-refractivity contribution in [2.45, 2.75) is 26.2 Å². The van der Waals surface area contributed by atoms with Crippen LogP contribution >= 0.6 is 0 Å². The number of amides is 1. The summed E-state index contributed by atoms with van der Waals surface area (Å²) < 4.78 is 12.8. The Morgan fingerprint density at radius 2 is 1.76 bits per heavy atom. The maximum absolute atomic E-state index is 12.8. The van der Waals surface area contributed by atoms with Crippen molar-refractivity contribution in [3.8, 4) is 0 Å². The predicted octanol–water partition coefficient (Wildman–Crippen LogP) is 2.51. The molecule has 1 amide bonds. The first kappa shape index (κ1) is 18.5. The molecule has 0 fully saturated rings. The zero-order valence-electron chi connectivity index (χ0n) is 14.1. The van der Waals surface area contributed by atoms with E-state index in [4.69, 9.17) is 0 Å². The SMILES string of the molecule is Cc1ccc(NCCNC(=O)CCCC(=O)c2ccc(F)cc2)nn1. The van der Waals surface area contributed by atoms with E-state index < -0.39 is 0 Å². The quantitative estimate of drug-likeness (QED) is 0.539. The van der Waals surface area contributed by atoms with Gasteiger partial charge in [0.25, 0.3) is 0 Å². The van der Waals surface area contributed by atoms with Crippen LogP contribution in [0.4, 0.5) is 10.2 Å². The first-order chi connectivity index (χ1) is 12.0. The number of ketones is 1. The highest BCUT2D eigenvalue weighted by Crippen LogP contribution is 2.08. The zero-order chi connectivity index (χ0) is 18.1. The van der Waals surface area contributed by atoms with Crippen molar-refractivity contribution >= 4 is 17.5 Å². The fourth-order valence-electron chi connectivity index (χ4n) is 2.16. The van der Waals surface area contributed by atoms with Crippen LogP contribution in [-0.4, -0.2) is 35.0 Å². The summed E-state index contributed by atoms with van der Waals surface area (Å²) in [6.07, 6.45) is 0.992. The van der Waals surface area contributed by atoms with Crippen LogP contribution in [0.5, 0.6) is 0 Å². The van der Waals surface area contributed by atoms with Crippen LogP contribution in [0.3, 0.4) is 0 Å². The van der Waals surface area contributed by atoms with Crippen LogP contribution in [-0.2, 0) is 4.79 Å². The molecule has 132 valence electrons. The number of halogens is 1. The van der Waals surface area contributed by atoms with Gasteiger partial charge < -0.3 is 10.6 Å². The van der Waals surface area contributed by atoms with Crippen LogP contribution in [0.15, 0.2) is 36.4 Å². The Morgan fingerprint density at radius 1 is 1.00 bits per heavy atom. The molecule has 0 spiro atoms. The van der Waals surface area contributed by atoms with E-state index in [0.717, 1.165) is 5.69 Å². The van der Waals surface area contributed by atoms with Gasteiger partial charge >= 0.3 is 0 Å². The molecule has 0 unspecified atom stereocenters. The number of nitrogens with zero attached hydrogens (tertiary/aromatic N) is 2. The first-order valence-corrected chi connectivity index (χ1v) is 8.14. The number of anilines is 1. The second-order valence-electron chi connectivity index (χ2n) is 5.62. The number of Topliss-reactive ketones (excluding diaryl/α,β-unsaturated/α-hetero) is 1. The van der Waals surface area contributed by atoms with Crippen molar-refractivity contribution in [3.63, 3.8) is 0 Å². The van der Waals surface area contributed by atoms with Crippen LogP contribution in [0.2, 0.25) is 0 Å². The zero-order valence-corrected chi connectivity index (χ0v) is 14.1. The third-order valence-electron chi connectivity index (χ3n) is 3.53. The smallest absolute Gasteiger partial charge is 0.220 e. The van der Waals surface area contributed by atoms with Gasteiger partial charge in [-0.3, -0.25) is 9.59 Å². The maximum atomic E-state index is 12.8. The minimum absolute atomic E-state index is 0.0904. The number of rotatable bonds is 9. The second kappa shape index (κ2) is 9.46. The van der Waals surface area contributed by atoms with E-state index in [1.54, 1.807) is 0 Å². The molecule has 0 saturated carbocycles. The van der Waals surface area contributed by atoms with E-state index in [1.165, 1.54) is 24.3 Å². The van der Waals surface area contributed by atoms with E-state index in [2.05, 4.69) is 20.8 Å². The van der Waals surface area contributed by atoms with Crippen molar-refractivity contribution in [1.29, 1.82) is 0 Å². The van der Waals surface area contributed by atoms with Crippen LogP contribution in [0.25, 0.3) is 0 Å². The lowest BCUT2D eigenvalue weighted by molar-refractivity contribution is -0.121. The molecule has 0 aliphatic rings. The normalized spacial score (nSPS) is 10.3. The van der Waals surface area contributed by atoms with Gasteiger partial charge in [0.2, 0.25) is 5.91 Å². The fourth-order valence-corrected chi connectivity index (χ4v) is 2.16. The summed E-state index contributed by atoms with van der Waals surface area (Å²) in [5, 5.41) is 13.7. The van der Waals surface area contributed by atoms with Crippen molar-refractivity contribution in [2.24, 2.45) is 0 Å². The summed E-state index contributed by atoms with van der Waals surface area (Å²) >= 11 is 0. The molecule has 7 heteroatoms. The molecule has 2 rings (SSSR count). The topological polar surface area (TPSA) is 84.0 Å². The van der Waals surface area contributed by atoms with E-state index in [9.17, 15) is 14.0 Å². The molecular formula is C18H21FN4O2. The highest BCUT2D eigenvalue weighted by atomic mass is 19.1. The largest absolute Gasteiger partial charge is 0.367 e. The lowest BCUT2D eigenvalue weighted by Crippen LogP contribution is -2.28. The van der Waals surface area contributed by atoms with E-state index in [0.29, 0.717) is 30.9 Å². The molecule has 1 aromatic carbocycles. The third kappa shape index (κ3) is 6.66. The fraction of sp³-hybridized carbons (Fsp3) is 0.333. The van der Waals surface area contributed by atoms with E-state index in [1.807, 2.05) is 19.1 Å². The second-order valence-corrected chi connectivity index (χ2v) is 5.62. The molecule has 2 N–H and O–H groups in total. The number of hydrogen-bond donors (Lipinski definition) is 2. The lowest BCUT2D eigenvalue weighted by Gasteiger charge is -2.07. The summed E-state index contributed by atoms with van der Waals surface area (Å²) in [4.78, 5) is 23.6. The minimum atomic E-state index is -0.374. The van der Waals surface area contributed by atoms with E-state index in [-0.39, 0.29) is 30.3 Å². The van der Waals surface area contributed by atoms with Gasteiger partial charge in [-0.05, 0) is 49.7 Å². The molecule has 6 nitrogen and oxygen atoms in total. The summed E-state index contributed by atoms with van der Waals surface area (Å²) in [6.45, 7) is 2.86. The van der Waals surface area contributed by atoms with Crippen molar-refractivity contribution in [3.05, 3.63) is 53.5 Å². The molecule has 0 radical (unpaired) electrons. The Morgan fingerprint density at radius 3 is 2.44 bits per heavy atom. The van der Waals surface area contributed by atoms with Crippen molar-refractivity contribution in [2.75, 3.05) is 18.4 Å². The van der Waals surface area contributed by atoms with E-state index >= 15 is 0 Å². The number of benzene rings is 1. The molecule has 0 bridgehead atoms. The molecule has 1 aromatic heterocycles. The molecule has 2 aromatic rings. The van der Waals surface area contributed by atoms with Gasteiger partial charge in [0, 0.05) is 31.5 Å². The molecule has 0 aliphatic carbocycles. The molecule has 25 heavy (non-hydrogen) atoms. The minimum Gasteiger partial charge on any atom is -0.367 e. The van der Waals surface area contributed by atoms with Gasteiger partial charge in [-0.15, -0.1) is 5.10 Å². The maximum Gasteiger partial charge on any atom is 0.220 e. The Labute approximate surface area is 145 Å². The third-order valence-corrected chi connectivity index (χ3v) is 3.53.